The monoisotopic (exact) mass is 2380 g/mol. The predicted molar refractivity (Wildman–Crippen MR) is 610 cm³/mol. The summed E-state index contributed by atoms with van der Waals surface area (Å²) in [6.45, 7) is 32.2. The van der Waals surface area contributed by atoms with Crippen molar-refractivity contribution < 1.29 is 131 Å². The number of carboxylic acids is 1. The summed E-state index contributed by atoms with van der Waals surface area (Å²) >= 11 is 24.4. The number of hydrogen-bond acceptors (Lipinski definition) is 23. The Bertz CT molecular complexity index is 4760. The van der Waals surface area contributed by atoms with Crippen LogP contribution in [0.1, 0.15) is 183 Å². The number of aliphatic hydroxyl groups is 1. The van der Waals surface area contributed by atoms with Gasteiger partial charge in [0, 0.05) is 54.9 Å². The van der Waals surface area contributed by atoms with E-state index in [1.165, 1.54) is 44.9 Å². The molecule has 0 fully saturated rings. The smallest absolute Gasteiger partial charge is 1.00 e. The second kappa shape index (κ2) is 77.8. The number of hydrogen-bond donors (Lipinski definition) is 3. The van der Waals surface area contributed by atoms with Crippen LogP contribution in [0.3, 0.4) is 0 Å². The Morgan fingerprint density at radius 2 is 0.531 bits per heavy atom. The molecule has 9 aromatic carbocycles. The van der Waals surface area contributed by atoms with Gasteiger partial charge in [0.1, 0.15) is 63.9 Å². The number of benzene rings is 9. The summed E-state index contributed by atoms with van der Waals surface area (Å²) in [5.74, 6) is 4.48. The topological polar surface area (TPSA) is 309 Å². The van der Waals surface area contributed by atoms with Gasteiger partial charge in [-0.2, -0.15) is 29.3 Å². The van der Waals surface area contributed by atoms with Gasteiger partial charge in [-0.25, -0.2) is 9.59 Å². The van der Waals surface area contributed by atoms with Gasteiger partial charge in [0.15, 0.2) is 0 Å². The maximum absolute atomic E-state index is 12.1. The van der Waals surface area contributed by atoms with Crippen molar-refractivity contribution in [1.29, 1.82) is 0 Å². The molecule has 9 rings (SSSR count). The second-order valence-electron chi connectivity index (χ2n) is 37.6. The van der Waals surface area contributed by atoms with E-state index >= 15 is 0 Å². The number of carbonyl (C=O) groups excluding carboxylic acids is 6. The number of rotatable bonds is 48. The van der Waals surface area contributed by atoms with E-state index in [0.717, 1.165) is 186 Å². The molecule has 0 unspecified atom stereocenters. The minimum Gasteiger partial charge on any atom is -1.00 e. The third kappa shape index (κ3) is 65.5. The molecule has 0 spiro atoms. The van der Waals surface area contributed by atoms with Crippen LogP contribution >= 0.6 is 66.1 Å². The number of phenolic OH excluding ortho intramolecular Hbond substituents is 1. The number of methoxy groups -OCH3 is 7. The van der Waals surface area contributed by atoms with Crippen molar-refractivity contribution >= 4 is 172 Å². The van der Waals surface area contributed by atoms with Crippen LogP contribution in [-0.2, 0) is 61.6 Å². The van der Waals surface area contributed by atoms with E-state index in [1.807, 2.05) is 248 Å². The van der Waals surface area contributed by atoms with Crippen molar-refractivity contribution in [3.63, 3.8) is 0 Å². The van der Waals surface area contributed by atoms with Gasteiger partial charge in [-0.15, -0.1) is 35.3 Å². The Kier molecular flexibility index (Phi) is 74.5. The first-order chi connectivity index (χ1) is 68.5. The Morgan fingerprint density at radius 3 is 0.748 bits per heavy atom. The van der Waals surface area contributed by atoms with Crippen LogP contribution in [0.15, 0.2) is 218 Å². The Labute approximate surface area is 938 Å². The quantitative estimate of drug-likeness (QED) is 0.00607. The van der Waals surface area contributed by atoms with Crippen LogP contribution in [0.4, 0.5) is 0 Å². The fraction of sp³-hybridized carbons (Fsp3) is 0.450. The molecule has 0 aliphatic carbocycles. The molecule has 3 N–H and O–H groups in total. The third-order valence-corrected chi connectivity index (χ3v) is 24.7. The molecular formula is C111H158Br3Cl3MgO24Si5. The van der Waals surface area contributed by atoms with Crippen LogP contribution in [0.25, 0.3) is 0 Å². The largest absolute Gasteiger partial charge is 2.00 e. The number of carbonyl (C=O) groups is 7. The fourth-order valence-electron chi connectivity index (χ4n) is 12.8. The fourth-order valence-corrected chi connectivity index (χ4v) is 17.1. The number of aromatic hydroxyl groups is 1. The normalized spacial score (nSPS) is 10.8. The summed E-state index contributed by atoms with van der Waals surface area (Å²) < 4.78 is 74.4. The second-order valence-corrected chi connectivity index (χ2v) is 65.0. The van der Waals surface area contributed by atoms with E-state index in [0.29, 0.717) is 63.1 Å². The number of alkyl halides is 4. The molecule has 9 aromatic rings. The first-order valence-electron chi connectivity index (χ1n) is 48.4. The van der Waals surface area contributed by atoms with E-state index in [4.69, 9.17) is 88.5 Å². The van der Waals surface area contributed by atoms with Crippen molar-refractivity contribution in [3.05, 3.63) is 269 Å². The van der Waals surface area contributed by atoms with E-state index in [9.17, 15) is 38.7 Å². The molecule has 0 aliphatic rings. The van der Waals surface area contributed by atoms with Crippen LogP contribution in [0.2, 0.25) is 98.2 Å². The van der Waals surface area contributed by atoms with Crippen molar-refractivity contribution in [2.45, 2.75) is 237 Å². The predicted octanol–water partition coefficient (Wildman–Crippen LogP) is 25.2. The number of aliphatic carboxylic acids is 1. The maximum Gasteiger partial charge on any atom is 2.00 e. The number of phenols is 1. The molecule has 0 bridgehead atoms. The maximum atomic E-state index is 12.1. The molecule has 24 nitrogen and oxygen atoms in total. The molecule has 0 heterocycles. The number of ether oxygens (including phenoxy) is 10. The van der Waals surface area contributed by atoms with Crippen molar-refractivity contribution in [3.8, 4) is 51.7 Å². The van der Waals surface area contributed by atoms with Crippen LogP contribution in [0, 0.1) is 6.07 Å². The zero-order valence-electron chi connectivity index (χ0n) is 90.4. The van der Waals surface area contributed by atoms with Gasteiger partial charge in [0.05, 0.1) is 80.7 Å². The molecule has 36 heteroatoms. The third-order valence-electron chi connectivity index (χ3n) is 19.6. The van der Waals surface area contributed by atoms with Crippen molar-refractivity contribution in [1.82, 2.24) is 0 Å². The van der Waals surface area contributed by atoms with Gasteiger partial charge in [-0.3, -0.25) is 24.0 Å². The van der Waals surface area contributed by atoms with E-state index in [2.05, 4.69) is 78.6 Å². The first kappa shape index (κ1) is 141. The molecule has 0 aliphatic heterocycles. The number of esters is 2. The van der Waals surface area contributed by atoms with Crippen molar-refractivity contribution in [2.75, 3.05) is 86.6 Å². The minimum absolute atomic E-state index is 0. The summed E-state index contributed by atoms with van der Waals surface area (Å²) in [6.07, 6.45) is 17.6. The van der Waals surface area contributed by atoms with Crippen LogP contribution < -0.4 is 54.9 Å². The Balaban J connectivity index is 0. The molecule has 0 atom stereocenters. The Hall–Kier alpha value is -8.41. The zero-order chi connectivity index (χ0) is 109. The molecule has 147 heavy (non-hydrogen) atoms. The van der Waals surface area contributed by atoms with Gasteiger partial charge in [0.2, 0.25) is 33.3 Å². The SMILES string of the molecule is CCl.COC(=O)c1ccc(O)cc1.COC(=O)c1ccc(OCCCCCC(=O)O[Si](C)(C)C)cc1.COc1cc[c-]cc1.COc1ccc(C(Cl)(c2ccc(OC)cc2)c2ccc(OCCCCCC(=O)O[Si](C)(C)C)cc2)cc1.COc1ccc(C(O)(c2ccc(OC)cc2)c2ccc(OCCCCCC(=O)O[Si](C)(C)C)cc2)cc1.C[Si](C)(C)Cl.C[Si](C)(C)OC(=O)CCCCCBr.O=C(O)CCCCCBr.[Br-].[Mg+2]. The van der Waals surface area contributed by atoms with Gasteiger partial charge in [-0.05, 0) is 317 Å². The van der Waals surface area contributed by atoms with E-state index in [1.54, 1.807) is 59.8 Å². The van der Waals surface area contributed by atoms with Gasteiger partial charge in [-0.1, -0.05) is 137 Å². The summed E-state index contributed by atoms with van der Waals surface area (Å²) in [4.78, 5) is 77.7. The molecule has 0 amide bonds. The average molecular weight is 2390 g/mol. The molecule has 0 aromatic heterocycles. The van der Waals surface area contributed by atoms with Crippen LogP contribution in [-0.4, -0.2) is 207 Å². The molecule has 810 valence electrons. The standard InChI is InChI=1S/C30H37ClO5Si.C30H38O6Si.C17H26O5Si.C9H19BrO2Si.C8H8O3.C7H7O.C6H11BrO2.C3H9ClSi.CH3Cl.BrH.Mg/c1-33-26-16-10-23(11-17-26)30(31,24-12-18-27(34-2)19-13-24)25-14-20-28(21-15-25)35-22-8-6-7-9-29(32)36-37(3,4)5;1-33-26-16-10-23(11-17-26)30(32,24-12-18-27(34-2)19-13-24)25-14-20-28(21-15-25)35-22-8-6-7-9-29(31)36-37(3,4)5;1-20-17(19)14-9-11-15(12-10-14)21-13-7-5-6-8-16(18)22-23(2,3)4;1-13(2,3)12-9(11)7-5-4-6-8-10;1-11-8(10)6-2-4-7(9)5-3-6;1-8-7-5-3-2-4-6-7;7-5-3-1-2-4-6(8)9;1-5(2,3)4;1-2;;/h10-21H,6-9,22H2,1-5H3;10-21,32H,6-9,22H2,1-5H3;9-12H,5-8,13H2,1-4H3;4-8H2,1-3H3;2-5,9H,1H3;3-6H,1H3;1-5H2,(H,8,9);1-3H3;1H3;1H;/q;;;;;-1;;;;;+2/p-1. The summed E-state index contributed by atoms with van der Waals surface area (Å²) in [5, 5.41) is 31.1. The molecule has 0 radical (unpaired) electrons. The minimum atomic E-state index is -1.81. The number of carboxylic acid groups (broad SMARTS) is 1. The number of unbranched alkanes of at least 4 members (excludes halogenated alkanes) is 10. The summed E-state index contributed by atoms with van der Waals surface area (Å²) in [7, 11) is 2.67. The molecular weight excluding hydrogens is 2230 g/mol. The van der Waals surface area contributed by atoms with Crippen LogP contribution in [0.5, 0.6) is 51.7 Å². The van der Waals surface area contributed by atoms with Gasteiger partial charge < -0.3 is 97.4 Å². The van der Waals surface area contributed by atoms with E-state index in [-0.39, 0.29) is 75.6 Å². The molecule has 0 saturated carbocycles. The van der Waals surface area contributed by atoms with Gasteiger partial charge in [0.25, 0.3) is 23.9 Å². The molecule has 0 saturated heterocycles. The Morgan fingerprint density at radius 1 is 0.320 bits per heavy atom. The zero-order valence-corrected chi connectivity index (χ0v) is 104. The summed E-state index contributed by atoms with van der Waals surface area (Å²) in [5.41, 5.74) is 4.52. The number of halogens is 6. The van der Waals surface area contributed by atoms with E-state index < -0.39 is 63.1 Å². The average Bonchev–Trinajstić information content (AvgIpc) is 0.766. The van der Waals surface area contributed by atoms with Crippen molar-refractivity contribution in [2.24, 2.45) is 0 Å². The first-order valence-corrected chi connectivity index (χ1v) is 70.0. The van der Waals surface area contributed by atoms with Gasteiger partial charge >= 0.3 is 41.0 Å². The summed E-state index contributed by atoms with van der Waals surface area (Å²) in [6, 6.07) is 68.8.